The molecule has 0 saturated heterocycles. The Hall–Kier alpha value is -1.60. The van der Waals surface area contributed by atoms with Crippen molar-refractivity contribution in [1.29, 1.82) is 0 Å². The highest BCUT2D eigenvalue weighted by Gasteiger charge is 2.22. The summed E-state index contributed by atoms with van der Waals surface area (Å²) in [6, 6.07) is -0.874. The minimum absolute atomic E-state index is 0.00362. The maximum Gasteiger partial charge on any atom is 0.472 e. The molecule has 0 radical (unpaired) electrons. The van der Waals surface area contributed by atoms with Gasteiger partial charge >= 0.3 is 7.82 Å². The van der Waals surface area contributed by atoms with Crippen molar-refractivity contribution in [2.24, 2.45) is 5.92 Å². The van der Waals surface area contributed by atoms with Gasteiger partial charge in [0.25, 0.3) is 0 Å². The van der Waals surface area contributed by atoms with Crippen LogP contribution in [-0.2, 0) is 42.2 Å². The van der Waals surface area contributed by atoms with E-state index < -0.39 is 25.9 Å². The topological polar surface area (TPSA) is 171 Å². The lowest BCUT2D eigenvalue weighted by atomic mass is 10.2. The lowest BCUT2D eigenvalue weighted by Crippen LogP contribution is -2.53. The van der Waals surface area contributed by atoms with Crippen molar-refractivity contribution in [3.05, 3.63) is 0 Å². The molecule has 2 atom stereocenters. The Morgan fingerprint density at radius 2 is 1.35 bits per heavy atom. The molecule has 14 heteroatoms. The average Bonchev–Trinajstić information content (AvgIpc) is 2.72. The van der Waals surface area contributed by atoms with Gasteiger partial charge in [0.1, 0.15) is 6.04 Å². The van der Waals surface area contributed by atoms with Crippen LogP contribution in [-0.4, -0.2) is 94.1 Å². The van der Waals surface area contributed by atoms with Gasteiger partial charge in [0, 0.05) is 25.9 Å². The third-order valence-electron chi connectivity index (χ3n) is 3.81. The molecule has 0 aromatic carbocycles. The van der Waals surface area contributed by atoms with E-state index in [0.717, 1.165) is 0 Å². The zero-order valence-electron chi connectivity index (χ0n) is 20.7. The van der Waals surface area contributed by atoms with Crippen LogP contribution in [0.4, 0.5) is 0 Å². The highest BCUT2D eigenvalue weighted by atomic mass is 31.2. The summed E-state index contributed by atoms with van der Waals surface area (Å²) in [5.41, 5.74) is 0. The number of hydrogen-bond acceptors (Lipinski definition) is 9. The molecule has 4 N–H and O–H groups in total. The molecule has 0 bridgehead atoms. The van der Waals surface area contributed by atoms with E-state index in [1.807, 2.05) is 0 Å². The summed E-state index contributed by atoms with van der Waals surface area (Å²) in [6.07, 6.45) is -0.423. The van der Waals surface area contributed by atoms with Crippen LogP contribution in [0, 0.1) is 5.92 Å². The molecule has 0 saturated carbocycles. The summed E-state index contributed by atoms with van der Waals surface area (Å²) < 4.78 is 36.8. The second-order valence-electron chi connectivity index (χ2n) is 7.74. The molecule has 34 heavy (non-hydrogen) atoms. The van der Waals surface area contributed by atoms with Crippen molar-refractivity contribution in [2.45, 2.75) is 46.8 Å². The van der Waals surface area contributed by atoms with E-state index in [1.54, 1.807) is 27.7 Å². The van der Waals surface area contributed by atoms with Crippen molar-refractivity contribution in [2.75, 3.05) is 59.3 Å². The summed E-state index contributed by atoms with van der Waals surface area (Å²) in [5.74, 6) is -1.24. The van der Waals surface area contributed by atoms with Gasteiger partial charge in [0.05, 0.1) is 52.4 Å². The van der Waals surface area contributed by atoms with Gasteiger partial charge < -0.3 is 35.1 Å². The second-order valence-corrected chi connectivity index (χ2v) is 9.14. The smallest absolute Gasteiger partial charge is 0.377 e. The Kier molecular flexibility index (Phi) is 17.8. The zero-order chi connectivity index (χ0) is 26.0. The molecule has 0 fully saturated rings. The van der Waals surface area contributed by atoms with Crippen LogP contribution in [0.5, 0.6) is 0 Å². The van der Waals surface area contributed by atoms with Crippen molar-refractivity contribution in [3.63, 3.8) is 0 Å². The van der Waals surface area contributed by atoms with Crippen LogP contribution in [0.3, 0.4) is 0 Å². The molecule has 200 valence electrons. The monoisotopic (exact) mass is 513 g/mol. The molecule has 0 aliphatic carbocycles. The highest BCUT2D eigenvalue weighted by Crippen LogP contribution is 2.44. The summed E-state index contributed by atoms with van der Waals surface area (Å²) in [7, 11) is -4.05. The van der Waals surface area contributed by atoms with Gasteiger partial charge in [-0.25, -0.2) is 4.57 Å². The molecule has 0 heterocycles. The Bertz CT molecular complexity index is 648. The number of hydrogen-bond donors (Lipinski definition) is 4. The van der Waals surface area contributed by atoms with Gasteiger partial charge in [0.15, 0.2) is 0 Å². The van der Waals surface area contributed by atoms with E-state index in [1.165, 1.54) is 6.92 Å². The first-order valence-corrected chi connectivity index (χ1v) is 12.7. The molecule has 3 amide bonds. The average molecular weight is 514 g/mol. The number of rotatable bonds is 20. The van der Waals surface area contributed by atoms with Gasteiger partial charge in [-0.1, -0.05) is 13.8 Å². The number of phosphoric acid groups is 1. The van der Waals surface area contributed by atoms with E-state index in [0.29, 0.717) is 19.8 Å². The van der Waals surface area contributed by atoms with Crippen LogP contribution in [0.2, 0.25) is 0 Å². The SMILES string of the molecule is CC(=O)N[C@@H](CNC(=O)C(C)C)C(=O)NCCOCCOCCOCCOP(=O)(O)OC(C)C. The van der Waals surface area contributed by atoms with Gasteiger partial charge in [-0.15, -0.1) is 0 Å². The van der Waals surface area contributed by atoms with Crippen LogP contribution in [0.25, 0.3) is 0 Å². The minimum Gasteiger partial charge on any atom is -0.377 e. The molecular formula is C20H40N3O10P. The van der Waals surface area contributed by atoms with E-state index in [-0.39, 0.29) is 57.2 Å². The van der Waals surface area contributed by atoms with Gasteiger partial charge in [-0.05, 0) is 13.8 Å². The lowest BCUT2D eigenvalue weighted by molar-refractivity contribution is -0.129. The number of carbonyl (C=O) groups excluding carboxylic acids is 3. The van der Waals surface area contributed by atoms with Crippen LogP contribution < -0.4 is 16.0 Å². The molecule has 0 spiro atoms. The third kappa shape index (κ3) is 18.8. The van der Waals surface area contributed by atoms with Crippen molar-refractivity contribution < 1.29 is 47.1 Å². The number of amides is 3. The lowest BCUT2D eigenvalue weighted by Gasteiger charge is -2.19. The summed E-state index contributed by atoms with van der Waals surface area (Å²) in [5, 5.41) is 7.77. The van der Waals surface area contributed by atoms with E-state index in [4.69, 9.17) is 23.3 Å². The number of nitrogens with one attached hydrogen (secondary N) is 3. The second kappa shape index (κ2) is 18.7. The standard InChI is InChI=1S/C20H40N3O10P/c1-15(2)19(25)22-14-18(23-17(5)24)20(26)21-6-7-29-8-9-30-10-11-31-12-13-32-34(27,28)33-16(3)4/h15-16,18H,6-14H2,1-5H3,(H,21,26)(H,22,25)(H,23,24)(H,27,28)/t18-/m0/s1. The predicted molar refractivity (Wildman–Crippen MR) is 123 cm³/mol. The fourth-order valence-corrected chi connectivity index (χ4v) is 3.18. The van der Waals surface area contributed by atoms with Crippen molar-refractivity contribution in [1.82, 2.24) is 16.0 Å². The number of ether oxygens (including phenoxy) is 3. The molecule has 1 unspecified atom stereocenters. The summed E-state index contributed by atoms with van der Waals surface area (Å²) in [6.45, 7) is 9.71. The molecule has 0 aliphatic rings. The number of phosphoric ester groups is 1. The molecule has 0 aromatic heterocycles. The summed E-state index contributed by atoms with van der Waals surface area (Å²) >= 11 is 0. The fraction of sp³-hybridized carbons (Fsp3) is 0.850. The largest absolute Gasteiger partial charge is 0.472 e. The van der Waals surface area contributed by atoms with Gasteiger partial charge in [0.2, 0.25) is 17.7 Å². The fourth-order valence-electron chi connectivity index (χ4n) is 2.28. The van der Waals surface area contributed by atoms with Gasteiger partial charge in [-0.3, -0.25) is 23.4 Å². The highest BCUT2D eigenvalue weighted by molar-refractivity contribution is 7.47. The Morgan fingerprint density at radius 1 is 0.824 bits per heavy atom. The van der Waals surface area contributed by atoms with Crippen molar-refractivity contribution in [3.8, 4) is 0 Å². The predicted octanol–water partition coefficient (Wildman–Crippen LogP) is -0.0287. The van der Waals surface area contributed by atoms with E-state index >= 15 is 0 Å². The normalized spacial score (nSPS) is 14.0. The van der Waals surface area contributed by atoms with Crippen molar-refractivity contribution >= 4 is 25.5 Å². The van der Waals surface area contributed by atoms with E-state index in [2.05, 4.69) is 16.0 Å². The molecular weight excluding hydrogens is 473 g/mol. The van der Waals surface area contributed by atoms with Crippen LogP contribution in [0.1, 0.15) is 34.6 Å². The van der Waals surface area contributed by atoms with E-state index in [9.17, 15) is 23.8 Å². The maximum absolute atomic E-state index is 12.2. The molecule has 0 rings (SSSR count). The maximum atomic E-state index is 12.2. The quantitative estimate of drug-likeness (QED) is 0.128. The molecule has 0 aromatic rings. The van der Waals surface area contributed by atoms with Crippen LogP contribution >= 0.6 is 7.82 Å². The Balaban J connectivity index is 3.76. The first kappa shape index (κ1) is 32.4. The zero-order valence-corrected chi connectivity index (χ0v) is 21.6. The molecule has 0 aliphatic heterocycles. The Morgan fingerprint density at radius 3 is 1.85 bits per heavy atom. The number of carbonyl (C=O) groups is 3. The third-order valence-corrected chi connectivity index (χ3v) is 5.01. The van der Waals surface area contributed by atoms with Gasteiger partial charge in [-0.2, -0.15) is 0 Å². The first-order chi connectivity index (χ1) is 15.9. The summed E-state index contributed by atoms with van der Waals surface area (Å²) in [4.78, 5) is 44.6. The first-order valence-electron chi connectivity index (χ1n) is 11.2. The van der Waals surface area contributed by atoms with Crippen LogP contribution in [0.15, 0.2) is 0 Å². The molecule has 13 nitrogen and oxygen atoms in total. The Labute approximate surface area is 201 Å². The minimum atomic E-state index is -4.05.